The Morgan fingerprint density at radius 3 is 1.93 bits per heavy atom. The number of rotatable bonds is 15. The summed E-state index contributed by atoms with van der Waals surface area (Å²) < 4.78 is 18.2. The van der Waals surface area contributed by atoms with Crippen LogP contribution in [0.2, 0.25) is 0 Å². The van der Waals surface area contributed by atoms with Crippen molar-refractivity contribution in [2.45, 2.75) is 84.0 Å². The van der Waals surface area contributed by atoms with E-state index in [9.17, 15) is 0 Å². The first-order valence-electron chi connectivity index (χ1n) is 16.6. The van der Waals surface area contributed by atoms with Crippen LogP contribution in [0.4, 0.5) is 5.69 Å². The van der Waals surface area contributed by atoms with Gasteiger partial charge in [-0.25, -0.2) is 0 Å². The maximum absolute atomic E-state index is 6.16. The molecule has 43 heavy (non-hydrogen) atoms. The van der Waals surface area contributed by atoms with Gasteiger partial charge in [-0.05, 0) is 123 Å². The number of ether oxygens (including phenoxy) is 3. The van der Waals surface area contributed by atoms with Crippen LogP contribution in [-0.4, -0.2) is 50.1 Å². The van der Waals surface area contributed by atoms with Gasteiger partial charge in [-0.15, -0.1) is 0 Å². The van der Waals surface area contributed by atoms with E-state index in [1.807, 2.05) is 0 Å². The SMILES string of the molecule is CCCCOc1ccc(C2=Nc3ccc(OCCCC)cc3C2(C)Cc2ccc(OCCN3CCCCCC3)cc2)cc1. The minimum atomic E-state index is -0.306. The fraction of sp³-hybridized carbons (Fsp3) is 0.500. The first kappa shape index (κ1) is 31.1. The molecule has 1 unspecified atom stereocenters. The summed E-state index contributed by atoms with van der Waals surface area (Å²) in [6.07, 6.45) is 10.5. The van der Waals surface area contributed by atoms with Crippen molar-refractivity contribution in [1.82, 2.24) is 4.90 Å². The molecule has 0 aromatic heterocycles. The summed E-state index contributed by atoms with van der Waals surface area (Å²) in [6, 6.07) is 23.5. The molecule has 3 aromatic carbocycles. The molecule has 0 aliphatic carbocycles. The molecular weight excluding hydrogens is 532 g/mol. The predicted molar refractivity (Wildman–Crippen MR) is 178 cm³/mol. The summed E-state index contributed by atoms with van der Waals surface area (Å²) in [5, 5.41) is 0. The smallest absolute Gasteiger partial charge is 0.119 e. The van der Waals surface area contributed by atoms with E-state index in [1.165, 1.54) is 49.9 Å². The number of hydrogen-bond donors (Lipinski definition) is 0. The van der Waals surface area contributed by atoms with Crippen molar-refractivity contribution >= 4 is 11.4 Å². The number of unbranched alkanes of at least 4 members (excludes halogenated alkanes) is 2. The molecule has 0 radical (unpaired) electrons. The van der Waals surface area contributed by atoms with E-state index in [0.29, 0.717) is 0 Å². The number of hydrogen-bond acceptors (Lipinski definition) is 5. The van der Waals surface area contributed by atoms with Crippen LogP contribution in [0.1, 0.15) is 88.8 Å². The molecule has 5 rings (SSSR count). The summed E-state index contributed by atoms with van der Waals surface area (Å²) >= 11 is 0. The molecule has 1 saturated heterocycles. The van der Waals surface area contributed by atoms with E-state index >= 15 is 0 Å². The van der Waals surface area contributed by atoms with Gasteiger partial charge in [-0.2, -0.15) is 0 Å². The Morgan fingerprint density at radius 2 is 1.28 bits per heavy atom. The summed E-state index contributed by atoms with van der Waals surface area (Å²) in [5.74, 6) is 2.77. The first-order valence-corrected chi connectivity index (χ1v) is 16.6. The number of fused-ring (bicyclic) bond motifs is 1. The molecule has 0 spiro atoms. The monoisotopic (exact) mass is 582 g/mol. The highest BCUT2D eigenvalue weighted by molar-refractivity contribution is 6.12. The molecule has 5 nitrogen and oxygen atoms in total. The average molecular weight is 583 g/mol. The van der Waals surface area contributed by atoms with Gasteiger partial charge in [0.1, 0.15) is 23.9 Å². The van der Waals surface area contributed by atoms with Crippen LogP contribution in [0.25, 0.3) is 0 Å². The second kappa shape index (κ2) is 15.4. The number of aliphatic imine (C=N–C) groups is 1. The standard InChI is InChI=1S/C38H50N2O3/c1-4-6-25-41-33-18-14-31(15-19-33)37-38(3,35-28-34(42-26-7-5-2)20-21-36(35)39-37)29-30-12-16-32(17-13-30)43-27-24-40-22-10-8-9-11-23-40/h12-21,28H,4-11,22-27,29H2,1-3H3. The summed E-state index contributed by atoms with van der Waals surface area (Å²) in [6.45, 7) is 12.3. The molecule has 0 saturated carbocycles. The highest BCUT2D eigenvalue weighted by atomic mass is 16.5. The van der Waals surface area contributed by atoms with E-state index in [-0.39, 0.29) is 5.41 Å². The van der Waals surface area contributed by atoms with Crippen molar-refractivity contribution in [1.29, 1.82) is 0 Å². The molecule has 1 fully saturated rings. The molecule has 2 aliphatic rings. The molecule has 1 atom stereocenters. The highest BCUT2D eigenvalue weighted by Gasteiger charge is 2.40. The van der Waals surface area contributed by atoms with Crippen LogP contribution in [-0.2, 0) is 11.8 Å². The predicted octanol–water partition coefficient (Wildman–Crippen LogP) is 8.93. The molecule has 230 valence electrons. The maximum Gasteiger partial charge on any atom is 0.119 e. The van der Waals surface area contributed by atoms with Crippen LogP contribution in [0.15, 0.2) is 71.7 Å². The second-order valence-corrected chi connectivity index (χ2v) is 12.3. The van der Waals surface area contributed by atoms with E-state index < -0.39 is 0 Å². The molecule has 5 heteroatoms. The minimum absolute atomic E-state index is 0.306. The van der Waals surface area contributed by atoms with Crippen molar-refractivity contribution in [3.63, 3.8) is 0 Å². The van der Waals surface area contributed by atoms with Gasteiger partial charge in [-0.1, -0.05) is 51.7 Å². The fourth-order valence-electron chi connectivity index (χ4n) is 6.22. The minimum Gasteiger partial charge on any atom is -0.494 e. The highest BCUT2D eigenvalue weighted by Crippen LogP contribution is 2.46. The number of nitrogens with zero attached hydrogens (tertiary/aromatic N) is 2. The van der Waals surface area contributed by atoms with Crippen LogP contribution < -0.4 is 14.2 Å². The van der Waals surface area contributed by atoms with Gasteiger partial charge in [0, 0.05) is 12.0 Å². The Bertz CT molecular complexity index is 1310. The van der Waals surface area contributed by atoms with Gasteiger partial charge >= 0.3 is 0 Å². The van der Waals surface area contributed by atoms with Crippen LogP contribution in [0, 0.1) is 0 Å². The van der Waals surface area contributed by atoms with Gasteiger partial charge in [0.2, 0.25) is 0 Å². The largest absolute Gasteiger partial charge is 0.494 e. The molecule has 2 aliphatic heterocycles. The fourth-order valence-corrected chi connectivity index (χ4v) is 6.22. The lowest BCUT2D eigenvalue weighted by Crippen LogP contribution is -2.33. The summed E-state index contributed by atoms with van der Waals surface area (Å²) in [7, 11) is 0. The average Bonchev–Trinajstić information content (AvgIpc) is 3.15. The lowest BCUT2D eigenvalue weighted by atomic mass is 9.73. The Morgan fingerprint density at radius 1 is 0.698 bits per heavy atom. The summed E-state index contributed by atoms with van der Waals surface area (Å²) in [4.78, 5) is 7.76. The number of likely N-dealkylation sites (tertiary alicyclic amines) is 1. The van der Waals surface area contributed by atoms with E-state index in [1.54, 1.807) is 0 Å². The Labute approximate surface area is 259 Å². The van der Waals surface area contributed by atoms with Crippen molar-refractivity contribution in [2.24, 2.45) is 4.99 Å². The van der Waals surface area contributed by atoms with Crippen LogP contribution >= 0.6 is 0 Å². The molecule has 0 bridgehead atoms. The quantitative estimate of drug-likeness (QED) is 0.168. The Balaban J connectivity index is 1.32. The van der Waals surface area contributed by atoms with Crippen molar-refractivity contribution < 1.29 is 14.2 Å². The number of benzene rings is 3. The van der Waals surface area contributed by atoms with Gasteiger partial charge < -0.3 is 14.2 Å². The van der Waals surface area contributed by atoms with E-state index in [0.717, 1.165) is 92.7 Å². The van der Waals surface area contributed by atoms with Crippen LogP contribution in [0.3, 0.4) is 0 Å². The first-order chi connectivity index (χ1) is 21.1. The summed E-state index contributed by atoms with van der Waals surface area (Å²) in [5.41, 5.74) is 5.42. The topological polar surface area (TPSA) is 43.3 Å². The van der Waals surface area contributed by atoms with Crippen molar-refractivity contribution in [2.75, 3.05) is 39.5 Å². The molecule has 2 heterocycles. The molecule has 3 aromatic rings. The van der Waals surface area contributed by atoms with Gasteiger partial charge in [0.05, 0.1) is 24.6 Å². The van der Waals surface area contributed by atoms with E-state index in [4.69, 9.17) is 19.2 Å². The third kappa shape index (κ3) is 8.20. The zero-order chi connectivity index (χ0) is 29.9. The zero-order valence-corrected chi connectivity index (χ0v) is 26.6. The molecule has 0 N–H and O–H groups in total. The van der Waals surface area contributed by atoms with E-state index in [2.05, 4.69) is 92.4 Å². The van der Waals surface area contributed by atoms with Gasteiger partial charge in [-0.3, -0.25) is 9.89 Å². The third-order valence-corrected chi connectivity index (χ3v) is 8.83. The lowest BCUT2D eigenvalue weighted by Gasteiger charge is -2.29. The Kier molecular flexibility index (Phi) is 11.2. The normalized spacial score (nSPS) is 18.5. The maximum atomic E-state index is 6.16. The Hall–Kier alpha value is -3.31. The van der Waals surface area contributed by atoms with Crippen LogP contribution in [0.5, 0.6) is 17.2 Å². The van der Waals surface area contributed by atoms with Gasteiger partial charge in [0.25, 0.3) is 0 Å². The van der Waals surface area contributed by atoms with Gasteiger partial charge in [0.15, 0.2) is 0 Å². The zero-order valence-electron chi connectivity index (χ0n) is 26.6. The second-order valence-electron chi connectivity index (χ2n) is 12.3. The van der Waals surface area contributed by atoms with Crippen molar-refractivity contribution in [3.05, 3.63) is 83.4 Å². The third-order valence-electron chi connectivity index (χ3n) is 8.83. The lowest BCUT2D eigenvalue weighted by molar-refractivity contribution is 0.214. The molecule has 0 amide bonds. The van der Waals surface area contributed by atoms with Crippen molar-refractivity contribution in [3.8, 4) is 17.2 Å². The molecular formula is C38H50N2O3.